The summed E-state index contributed by atoms with van der Waals surface area (Å²) in [5.74, 6) is 0.674. The molecular formula is C22H18ClN3O2S. The Bertz CT molecular complexity index is 1110. The Kier molecular flexibility index (Phi) is 5.64. The molecule has 7 heteroatoms. The van der Waals surface area contributed by atoms with Crippen molar-refractivity contribution in [2.45, 2.75) is 13.0 Å². The van der Waals surface area contributed by atoms with Crippen LogP contribution in [0.5, 0.6) is 0 Å². The average molecular weight is 424 g/mol. The minimum Gasteiger partial charge on any atom is -0.459 e. The van der Waals surface area contributed by atoms with E-state index in [1.807, 2.05) is 55.5 Å². The molecule has 4 rings (SSSR count). The van der Waals surface area contributed by atoms with Gasteiger partial charge in [0, 0.05) is 21.7 Å². The van der Waals surface area contributed by atoms with Crippen LogP contribution in [0.4, 0.5) is 10.8 Å². The fraction of sp³-hybridized carbons (Fsp3) is 0.0909. The summed E-state index contributed by atoms with van der Waals surface area (Å²) in [5, 5.41) is 7.79. The lowest BCUT2D eigenvalue weighted by atomic mass is 9.99. The SMILES string of the molecule is Cc1cc([C@@H](Nc2ccccn2)c2ccccc2Cl)c(NC(=O)c2ccco2)s1. The summed E-state index contributed by atoms with van der Waals surface area (Å²) in [4.78, 5) is 18.0. The second-order valence-electron chi connectivity index (χ2n) is 6.39. The standard InChI is InChI=1S/C22H18ClN3O2S/c1-14-13-16(22(29-14)26-21(27)18-9-6-12-28-18)20(15-7-2-3-8-17(15)23)25-19-10-4-5-11-24-19/h2-13,20H,1H3,(H,24,25)(H,26,27)/t20-/m0/s1. The zero-order valence-corrected chi connectivity index (χ0v) is 17.1. The van der Waals surface area contributed by atoms with Crippen LogP contribution < -0.4 is 10.6 Å². The van der Waals surface area contributed by atoms with E-state index in [0.29, 0.717) is 10.8 Å². The first-order chi connectivity index (χ1) is 14.1. The van der Waals surface area contributed by atoms with Crippen LogP contribution >= 0.6 is 22.9 Å². The number of amides is 1. The molecule has 0 aliphatic rings. The number of aryl methyl sites for hydroxylation is 1. The van der Waals surface area contributed by atoms with Crippen LogP contribution in [0, 0.1) is 6.92 Å². The topological polar surface area (TPSA) is 67.2 Å². The highest BCUT2D eigenvalue weighted by molar-refractivity contribution is 7.16. The predicted octanol–water partition coefficient (Wildman–Crippen LogP) is 6.15. The van der Waals surface area contributed by atoms with Gasteiger partial charge in [-0.15, -0.1) is 11.3 Å². The number of carbonyl (C=O) groups excluding carboxylic acids is 1. The van der Waals surface area contributed by atoms with Crippen molar-refractivity contribution in [3.8, 4) is 0 Å². The molecule has 0 aliphatic carbocycles. The average Bonchev–Trinajstić information content (AvgIpc) is 3.38. The Morgan fingerprint density at radius 3 is 2.66 bits per heavy atom. The van der Waals surface area contributed by atoms with Crippen LogP contribution in [0.2, 0.25) is 5.02 Å². The number of pyridine rings is 1. The molecule has 3 heterocycles. The van der Waals surface area contributed by atoms with Crippen molar-refractivity contribution in [3.63, 3.8) is 0 Å². The Morgan fingerprint density at radius 1 is 1.10 bits per heavy atom. The first-order valence-corrected chi connectivity index (χ1v) is 10.2. The third kappa shape index (κ3) is 4.34. The van der Waals surface area contributed by atoms with Crippen molar-refractivity contribution in [1.82, 2.24) is 4.98 Å². The Morgan fingerprint density at radius 2 is 1.93 bits per heavy atom. The maximum atomic E-state index is 12.6. The molecule has 0 saturated heterocycles. The fourth-order valence-corrected chi connectivity index (χ4v) is 4.24. The Hall–Kier alpha value is -3.09. The van der Waals surface area contributed by atoms with Gasteiger partial charge in [-0.1, -0.05) is 35.9 Å². The first kappa shape index (κ1) is 19.2. The number of furan rings is 1. The van der Waals surface area contributed by atoms with Gasteiger partial charge < -0.3 is 15.1 Å². The van der Waals surface area contributed by atoms with Gasteiger partial charge in [-0.3, -0.25) is 4.79 Å². The molecule has 4 aromatic rings. The molecule has 3 aromatic heterocycles. The van der Waals surface area contributed by atoms with Gasteiger partial charge in [0.05, 0.1) is 12.3 Å². The highest BCUT2D eigenvalue weighted by atomic mass is 35.5. The molecule has 5 nitrogen and oxygen atoms in total. The molecule has 0 fully saturated rings. The van der Waals surface area contributed by atoms with E-state index in [-0.39, 0.29) is 17.7 Å². The van der Waals surface area contributed by atoms with Crippen LogP contribution in [-0.4, -0.2) is 10.9 Å². The minimum atomic E-state index is -0.297. The van der Waals surface area contributed by atoms with E-state index in [1.165, 1.54) is 17.6 Å². The molecule has 146 valence electrons. The lowest BCUT2D eigenvalue weighted by molar-refractivity contribution is 0.0997. The van der Waals surface area contributed by atoms with Crippen molar-refractivity contribution in [2.75, 3.05) is 10.6 Å². The molecule has 29 heavy (non-hydrogen) atoms. The smallest absolute Gasteiger partial charge is 0.291 e. The number of hydrogen-bond donors (Lipinski definition) is 2. The van der Waals surface area contributed by atoms with E-state index >= 15 is 0 Å². The van der Waals surface area contributed by atoms with Gasteiger partial charge in [0.25, 0.3) is 5.91 Å². The van der Waals surface area contributed by atoms with E-state index in [1.54, 1.807) is 18.3 Å². The van der Waals surface area contributed by atoms with Crippen LogP contribution in [0.3, 0.4) is 0 Å². The highest BCUT2D eigenvalue weighted by Crippen LogP contribution is 2.39. The number of benzene rings is 1. The molecular weight excluding hydrogens is 406 g/mol. The van der Waals surface area contributed by atoms with E-state index in [0.717, 1.165) is 21.0 Å². The summed E-state index contributed by atoms with van der Waals surface area (Å²) < 4.78 is 5.22. The maximum absolute atomic E-state index is 12.6. The third-order valence-electron chi connectivity index (χ3n) is 4.34. The van der Waals surface area contributed by atoms with Crippen molar-refractivity contribution in [3.05, 3.63) is 99.9 Å². The van der Waals surface area contributed by atoms with Crippen molar-refractivity contribution in [1.29, 1.82) is 0 Å². The fourth-order valence-electron chi connectivity index (χ4n) is 3.05. The van der Waals surface area contributed by atoms with E-state index < -0.39 is 0 Å². The molecule has 0 radical (unpaired) electrons. The van der Waals surface area contributed by atoms with E-state index in [9.17, 15) is 4.79 Å². The number of hydrogen-bond acceptors (Lipinski definition) is 5. The van der Waals surface area contributed by atoms with Gasteiger partial charge in [0.15, 0.2) is 5.76 Å². The van der Waals surface area contributed by atoms with Crippen molar-refractivity contribution in [2.24, 2.45) is 0 Å². The zero-order valence-electron chi connectivity index (χ0n) is 15.6. The molecule has 0 bridgehead atoms. The number of anilines is 2. The number of thiophene rings is 1. The predicted molar refractivity (Wildman–Crippen MR) is 117 cm³/mol. The quantitative estimate of drug-likeness (QED) is 0.390. The van der Waals surface area contributed by atoms with E-state index in [4.69, 9.17) is 16.0 Å². The molecule has 1 aromatic carbocycles. The normalized spacial score (nSPS) is 11.8. The zero-order chi connectivity index (χ0) is 20.2. The highest BCUT2D eigenvalue weighted by Gasteiger charge is 2.24. The first-order valence-electron chi connectivity index (χ1n) is 8.99. The largest absolute Gasteiger partial charge is 0.459 e. The minimum absolute atomic E-state index is 0.258. The second kappa shape index (κ2) is 8.51. The molecule has 2 N–H and O–H groups in total. The third-order valence-corrected chi connectivity index (χ3v) is 5.67. The summed E-state index contributed by atoms with van der Waals surface area (Å²) in [5.41, 5.74) is 1.80. The summed E-state index contributed by atoms with van der Waals surface area (Å²) in [6, 6.07) is 18.4. The second-order valence-corrected chi connectivity index (χ2v) is 8.05. The maximum Gasteiger partial charge on any atom is 0.291 e. The molecule has 0 aliphatic heterocycles. The van der Waals surface area contributed by atoms with Crippen LogP contribution in [-0.2, 0) is 0 Å². The lowest BCUT2D eigenvalue weighted by Crippen LogP contribution is -2.17. The number of nitrogens with one attached hydrogen (secondary N) is 2. The number of nitrogens with zero attached hydrogens (tertiary/aromatic N) is 1. The molecule has 0 spiro atoms. The van der Waals surface area contributed by atoms with E-state index in [2.05, 4.69) is 15.6 Å². The number of carbonyl (C=O) groups is 1. The van der Waals surface area contributed by atoms with Crippen LogP contribution in [0.1, 0.15) is 32.6 Å². The summed E-state index contributed by atoms with van der Waals surface area (Å²) in [6.07, 6.45) is 3.20. The van der Waals surface area contributed by atoms with Crippen molar-refractivity contribution >= 4 is 39.7 Å². The van der Waals surface area contributed by atoms with Gasteiger partial charge in [-0.05, 0) is 48.9 Å². The van der Waals surface area contributed by atoms with Crippen LogP contribution in [0.25, 0.3) is 0 Å². The molecule has 0 saturated carbocycles. The number of aromatic nitrogens is 1. The summed E-state index contributed by atoms with van der Waals surface area (Å²) >= 11 is 8.02. The van der Waals surface area contributed by atoms with Crippen LogP contribution in [0.15, 0.2) is 77.5 Å². The van der Waals surface area contributed by atoms with Gasteiger partial charge in [-0.25, -0.2) is 4.98 Å². The Balaban J connectivity index is 1.74. The van der Waals surface area contributed by atoms with Gasteiger partial charge >= 0.3 is 0 Å². The van der Waals surface area contributed by atoms with Gasteiger partial charge in [-0.2, -0.15) is 0 Å². The summed E-state index contributed by atoms with van der Waals surface area (Å²) in [6.45, 7) is 2.00. The molecule has 0 unspecified atom stereocenters. The number of rotatable bonds is 6. The molecule has 1 amide bonds. The van der Waals surface area contributed by atoms with Gasteiger partial charge in [0.2, 0.25) is 0 Å². The Labute approximate surface area is 177 Å². The molecule has 1 atom stereocenters. The number of halogens is 1. The van der Waals surface area contributed by atoms with Gasteiger partial charge in [0.1, 0.15) is 10.8 Å². The monoisotopic (exact) mass is 423 g/mol. The lowest BCUT2D eigenvalue weighted by Gasteiger charge is -2.22. The van der Waals surface area contributed by atoms with Crippen molar-refractivity contribution < 1.29 is 9.21 Å². The summed E-state index contributed by atoms with van der Waals surface area (Å²) in [7, 11) is 0.